The van der Waals surface area contributed by atoms with Gasteiger partial charge in [0.15, 0.2) is 5.78 Å². The zero-order valence-electron chi connectivity index (χ0n) is 11.7. The molecule has 1 aliphatic carbocycles. The third-order valence-electron chi connectivity index (χ3n) is 4.24. The number of benzene rings is 2. The van der Waals surface area contributed by atoms with E-state index in [-0.39, 0.29) is 11.2 Å². The predicted molar refractivity (Wildman–Crippen MR) is 82.5 cm³/mol. The van der Waals surface area contributed by atoms with E-state index >= 15 is 0 Å². The van der Waals surface area contributed by atoms with Gasteiger partial charge < -0.3 is 0 Å². The molecule has 0 radical (unpaired) electrons. The first kappa shape index (κ1) is 12.9. The summed E-state index contributed by atoms with van der Waals surface area (Å²) in [4.78, 5) is 12.8. The molecule has 0 aliphatic heterocycles. The minimum atomic E-state index is -0.359. The molecule has 0 amide bonds. The Labute approximate surface area is 120 Å². The Hall–Kier alpha value is -2.15. The number of carbonyl (C=O) groups excluding carboxylic acids is 1. The van der Waals surface area contributed by atoms with Crippen LogP contribution >= 0.6 is 0 Å². The quantitative estimate of drug-likeness (QED) is 0.733. The molecule has 0 heterocycles. The molecule has 0 saturated heterocycles. The Balaban J connectivity index is 1.93. The van der Waals surface area contributed by atoms with Gasteiger partial charge in [-0.15, -0.1) is 0 Å². The van der Waals surface area contributed by atoms with Crippen LogP contribution in [0.3, 0.4) is 0 Å². The van der Waals surface area contributed by atoms with E-state index in [1.165, 1.54) is 0 Å². The summed E-state index contributed by atoms with van der Waals surface area (Å²) in [6.45, 7) is 2.07. The van der Waals surface area contributed by atoms with Crippen molar-refractivity contribution in [3.63, 3.8) is 0 Å². The molecule has 0 N–H and O–H groups in total. The summed E-state index contributed by atoms with van der Waals surface area (Å²) in [6.07, 6.45) is 3.80. The van der Waals surface area contributed by atoms with E-state index in [1.807, 2.05) is 54.6 Å². The van der Waals surface area contributed by atoms with Gasteiger partial charge in [-0.05, 0) is 42.5 Å². The number of hydrogen-bond donors (Lipinski definition) is 0. The molecule has 3 rings (SSSR count). The van der Waals surface area contributed by atoms with Gasteiger partial charge in [0.2, 0.25) is 0 Å². The molecule has 2 aromatic rings. The highest BCUT2D eigenvalue weighted by molar-refractivity contribution is 6.08. The van der Waals surface area contributed by atoms with Crippen molar-refractivity contribution in [1.82, 2.24) is 0 Å². The summed E-state index contributed by atoms with van der Waals surface area (Å²) in [6, 6.07) is 20.2. The molecule has 2 aromatic carbocycles. The molecule has 0 spiro atoms. The summed E-state index contributed by atoms with van der Waals surface area (Å²) in [7, 11) is 0. The number of ketones is 1. The second kappa shape index (κ2) is 5.09. The second-order valence-electron chi connectivity index (χ2n) is 5.61. The van der Waals surface area contributed by atoms with Crippen molar-refractivity contribution >= 4 is 11.9 Å². The Morgan fingerprint density at radius 1 is 0.950 bits per heavy atom. The fourth-order valence-corrected chi connectivity index (χ4v) is 2.94. The lowest BCUT2D eigenvalue weighted by atomic mass is 9.80. The molecular formula is C19H18O. The van der Waals surface area contributed by atoms with Crippen molar-refractivity contribution in [2.75, 3.05) is 0 Å². The zero-order valence-corrected chi connectivity index (χ0v) is 11.7. The van der Waals surface area contributed by atoms with E-state index in [0.29, 0.717) is 0 Å². The third-order valence-corrected chi connectivity index (χ3v) is 4.24. The largest absolute Gasteiger partial charge is 0.294 e. The molecule has 100 valence electrons. The fourth-order valence-electron chi connectivity index (χ4n) is 2.94. The highest BCUT2D eigenvalue weighted by atomic mass is 16.1. The molecule has 0 aromatic heterocycles. The van der Waals surface area contributed by atoms with Gasteiger partial charge in [0, 0.05) is 0 Å². The molecule has 1 saturated carbocycles. The van der Waals surface area contributed by atoms with Gasteiger partial charge >= 0.3 is 0 Å². The highest BCUT2D eigenvalue weighted by Crippen LogP contribution is 2.41. The van der Waals surface area contributed by atoms with Crippen LogP contribution in [0.4, 0.5) is 0 Å². The maximum absolute atomic E-state index is 12.8. The van der Waals surface area contributed by atoms with Crippen LogP contribution in [-0.4, -0.2) is 5.78 Å². The Kier molecular flexibility index (Phi) is 3.27. The number of carbonyl (C=O) groups is 1. The Bertz CT molecular complexity index is 640. The zero-order chi connectivity index (χ0) is 14.0. The van der Waals surface area contributed by atoms with Gasteiger partial charge in [-0.2, -0.15) is 0 Å². The van der Waals surface area contributed by atoms with E-state index in [1.54, 1.807) is 0 Å². The summed E-state index contributed by atoms with van der Waals surface area (Å²) in [5.74, 6) is 0.271. The lowest BCUT2D eigenvalue weighted by molar-refractivity contribution is -0.118. The van der Waals surface area contributed by atoms with Crippen LogP contribution in [0, 0.1) is 0 Å². The van der Waals surface area contributed by atoms with Gasteiger partial charge in [-0.1, -0.05) is 60.7 Å². The Morgan fingerprint density at radius 3 is 2.20 bits per heavy atom. The summed E-state index contributed by atoms with van der Waals surface area (Å²) in [5, 5.41) is 0. The van der Waals surface area contributed by atoms with Gasteiger partial charge in [0.25, 0.3) is 0 Å². The fraction of sp³-hybridized carbons (Fsp3) is 0.211. The van der Waals surface area contributed by atoms with Crippen molar-refractivity contribution in [2.24, 2.45) is 0 Å². The average molecular weight is 262 g/mol. The molecule has 1 nitrogen and oxygen atoms in total. The first-order chi connectivity index (χ1) is 9.70. The molecule has 1 fully saturated rings. The van der Waals surface area contributed by atoms with Crippen molar-refractivity contribution < 1.29 is 4.79 Å². The Morgan fingerprint density at radius 2 is 1.55 bits per heavy atom. The van der Waals surface area contributed by atoms with Gasteiger partial charge in [-0.25, -0.2) is 0 Å². The van der Waals surface area contributed by atoms with Crippen LogP contribution in [-0.2, 0) is 10.2 Å². The van der Waals surface area contributed by atoms with Crippen molar-refractivity contribution in [3.8, 4) is 0 Å². The van der Waals surface area contributed by atoms with Crippen LogP contribution in [0.15, 0.2) is 66.2 Å². The summed E-state index contributed by atoms with van der Waals surface area (Å²) < 4.78 is 0. The molecule has 0 bridgehead atoms. The molecular weight excluding hydrogens is 244 g/mol. The number of rotatable bonds is 2. The minimum absolute atomic E-state index is 0.271. The summed E-state index contributed by atoms with van der Waals surface area (Å²) >= 11 is 0. The molecule has 1 aliphatic rings. The van der Waals surface area contributed by atoms with Crippen LogP contribution in [0.25, 0.3) is 6.08 Å². The number of allylic oxidation sites excluding steroid dienone is 1. The van der Waals surface area contributed by atoms with Crippen LogP contribution in [0.1, 0.15) is 30.9 Å². The third kappa shape index (κ3) is 2.20. The van der Waals surface area contributed by atoms with Gasteiger partial charge in [0.1, 0.15) is 0 Å². The van der Waals surface area contributed by atoms with E-state index in [9.17, 15) is 4.79 Å². The van der Waals surface area contributed by atoms with Crippen molar-refractivity contribution in [1.29, 1.82) is 0 Å². The minimum Gasteiger partial charge on any atom is -0.294 e. The van der Waals surface area contributed by atoms with E-state index in [0.717, 1.165) is 29.5 Å². The van der Waals surface area contributed by atoms with Crippen molar-refractivity contribution in [2.45, 2.75) is 25.2 Å². The standard InChI is InChI=1S/C19H18O/c1-19(17-10-6-3-7-11-17)13-12-16(18(19)20)14-15-8-4-2-5-9-15/h2-11,14H,12-13H2,1H3/b16-14+/t19-/m0/s1. The van der Waals surface area contributed by atoms with Crippen molar-refractivity contribution in [3.05, 3.63) is 77.4 Å². The van der Waals surface area contributed by atoms with Gasteiger partial charge in [-0.3, -0.25) is 4.79 Å². The summed E-state index contributed by atoms with van der Waals surface area (Å²) in [5.41, 5.74) is 2.82. The lowest BCUT2D eigenvalue weighted by Gasteiger charge is -2.22. The van der Waals surface area contributed by atoms with E-state index < -0.39 is 0 Å². The lowest BCUT2D eigenvalue weighted by Crippen LogP contribution is -2.27. The van der Waals surface area contributed by atoms with Crippen LogP contribution in [0.2, 0.25) is 0 Å². The highest BCUT2D eigenvalue weighted by Gasteiger charge is 2.41. The second-order valence-corrected chi connectivity index (χ2v) is 5.61. The van der Waals surface area contributed by atoms with E-state index in [4.69, 9.17) is 0 Å². The maximum Gasteiger partial charge on any atom is 0.169 e. The average Bonchev–Trinajstić information content (AvgIpc) is 2.79. The molecule has 1 atom stereocenters. The number of Topliss-reactive ketones (excluding diaryl/α,β-unsaturated/α-hetero) is 1. The normalized spacial score (nSPS) is 24.2. The smallest absolute Gasteiger partial charge is 0.169 e. The maximum atomic E-state index is 12.8. The predicted octanol–water partition coefficient (Wildman–Crippen LogP) is 4.39. The van der Waals surface area contributed by atoms with Gasteiger partial charge in [0.05, 0.1) is 5.41 Å². The first-order valence-corrected chi connectivity index (χ1v) is 7.06. The molecule has 1 heteroatoms. The van der Waals surface area contributed by atoms with Crippen LogP contribution < -0.4 is 0 Å². The topological polar surface area (TPSA) is 17.1 Å². The van der Waals surface area contributed by atoms with Crippen LogP contribution in [0.5, 0.6) is 0 Å². The first-order valence-electron chi connectivity index (χ1n) is 7.06. The SMILES string of the molecule is C[C@@]1(c2ccccc2)CC/C(=C\c2ccccc2)C1=O. The monoisotopic (exact) mass is 262 g/mol. The van der Waals surface area contributed by atoms with E-state index in [2.05, 4.69) is 19.1 Å². The molecule has 0 unspecified atom stereocenters. The molecule has 20 heavy (non-hydrogen) atoms. The number of hydrogen-bond acceptors (Lipinski definition) is 1.